The van der Waals surface area contributed by atoms with Crippen LogP contribution in [0.4, 0.5) is 16.2 Å². The number of fused-ring (bicyclic) bond motifs is 1. The Balaban J connectivity index is 1.36. The van der Waals surface area contributed by atoms with E-state index >= 15 is 0 Å². The molecule has 3 aromatic rings. The summed E-state index contributed by atoms with van der Waals surface area (Å²) in [5.74, 6) is 0.931. The number of amidine groups is 1. The monoisotopic (exact) mass is 459 g/mol. The normalized spacial score (nSPS) is 16.1. The number of rotatable bonds is 4. The number of nitrogens with zero attached hydrogens (tertiary/aromatic N) is 6. The Morgan fingerprint density at radius 1 is 1.19 bits per heavy atom. The van der Waals surface area contributed by atoms with Crippen molar-refractivity contribution in [1.29, 1.82) is 0 Å². The molecular weight excluding hydrogens is 441 g/mol. The van der Waals surface area contributed by atoms with Gasteiger partial charge in [0.15, 0.2) is 5.84 Å². The minimum atomic E-state index is -0.418. The first kappa shape index (κ1) is 19.9. The van der Waals surface area contributed by atoms with E-state index < -0.39 is 6.03 Å². The molecule has 2 amide bonds. The molecule has 10 nitrogen and oxygen atoms in total. The average molecular weight is 460 g/mol. The van der Waals surface area contributed by atoms with Crippen LogP contribution in [0.3, 0.4) is 0 Å². The Hall–Kier alpha value is -3.08. The molecule has 5 rings (SSSR count). The smallest absolute Gasteiger partial charge is 0.306 e. The van der Waals surface area contributed by atoms with Gasteiger partial charge in [-0.25, -0.2) is 19.4 Å². The molecular formula is C19H19Cl2N9O. The summed E-state index contributed by atoms with van der Waals surface area (Å²) < 4.78 is 1.73. The fourth-order valence-electron chi connectivity index (χ4n) is 3.61. The van der Waals surface area contributed by atoms with Crippen LogP contribution in [0.2, 0.25) is 10.0 Å². The number of carbonyl (C=O) groups excluding carboxylic acids is 1. The third-order valence-corrected chi connectivity index (χ3v) is 5.67. The molecule has 3 N–H and O–H groups in total. The van der Waals surface area contributed by atoms with Gasteiger partial charge >= 0.3 is 6.03 Å². The van der Waals surface area contributed by atoms with Gasteiger partial charge in [0.2, 0.25) is 0 Å². The Labute approximate surface area is 187 Å². The second-order valence-corrected chi connectivity index (χ2v) is 8.26. The van der Waals surface area contributed by atoms with E-state index in [-0.39, 0.29) is 0 Å². The highest BCUT2D eigenvalue weighted by atomic mass is 35.5. The summed E-state index contributed by atoms with van der Waals surface area (Å²) in [6, 6.07) is 3.01. The molecule has 0 bridgehead atoms. The van der Waals surface area contributed by atoms with Crippen LogP contribution < -0.4 is 16.2 Å². The Bertz CT molecular complexity index is 1220. The topological polar surface area (TPSA) is 102 Å². The molecule has 4 heterocycles. The Morgan fingerprint density at radius 3 is 2.68 bits per heavy atom. The van der Waals surface area contributed by atoms with E-state index in [1.165, 1.54) is 6.20 Å². The van der Waals surface area contributed by atoms with Gasteiger partial charge < -0.3 is 10.6 Å². The maximum Gasteiger partial charge on any atom is 0.323 e. The second-order valence-electron chi connectivity index (χ2n) is 7.44. The molecule has 31 heavy (non-hydrogen) atoms. The fraction of sp³-hybridized carbons (Fsp3) is 0.263. The van der Waals surface area contributed by atoms with Gasteiger partial charge in [-0.05, 0) is 30.9 Å². The van der Waals surface area contributed by atoms with Crippen molar-refractivity contribution in [1.82, 2.24) is 30.3 Å². The van der Waals surface area contributed by atoms with Crippen LogP contribution in [-0.4, -0.2) is 50.7 Å². The number of hydrazine groups is 2. The van der Waals surface area contributed by atoms with Gasteiger partial charge in [-0.15, -0.1) is 10.6 Å². The summed E-state index contributed by atoms with van der Waals surface area (Å²) in [7, 11) is 3.57. The van der Waals surface area contributed by atoms with Crippen LogP contribution in [0.15, 0.2) is 35.8 Å². The quantitative estimate of drug-likeness (QED) is 0.551. The summed E-state index contributed by atoms with van der Waals surface area (Å²) in [4.78, 5) is 17.0. The molecule has 0 radical (unpaired) electrons. The van der Waals surface area contributed by atoms with Crippen molar-refractivity contribution in [2.24, 2.45) is 5.10 Å². The Morgan fingerprint density at radius 2 is 2.00 bits per heavy atom. The van der Waals surface area contributed by atoms with E-state index in [4.69, 9.17) is 23.2 Å². The lowest BCUT2D eigenvalue weighted by molar-refractivity contribution is 0.166. The van der Waals surface area contributed by atoms with Crippen molar-refractivity contribution < 1.29 is 4.79 Å². The van der Waals surface area contributed by atoms with Crippen molar-refractivity contribution in [3.8, 4) is 0 Å². The molecule has 1 aliphatic heterocycles. The molecule has 0 atom stereocenters. The first-order valence-corrected chi connectivity index (χ1v) is 10.4. The summed E-state index contributed by atoms with van der Waals surface area (Å²) in [5.41, 5.74) is 6.40. The van der Waals surface area contributed by atoms with Gasteiger partial charge in [0.25, 0.3) is 0 Å². The standard InChI is InChI=1S/C19H19Cl2N9O/c1-28-18(26-29(2)27-28)16-13(21)7-11(8-22-16)24-19(31)25-14-9-23-30-6-5-12(20)17(30)15(14)10-3-4-10/h5-10,27H,3-4H2,1-2H3,(H2,24,25,31). The molecule has 12 heteroatoms. The molecule has 0 aromatic carbocycles. The summed E-state index contributed by atoms with van der Waals surface area (Å²) in [6.45, 7) is 0. The highest BCUT2D eigenvalue weighted by Gasteiger charge is 2.30. The summed E-state index contributed by atoms with van der Waals surface area (Å²) in [6.07, 6.45) is 7.09. The lowest BCUT2D eigenvalue weighted by Crippen LogP contribution is -2.38. The lowest BCUT2D eigenvalue weighted by Gasteiger charge is -2.15. The van der Waals surface area contributed by atoms with Gasteiger partial charge in [-0.3, -0.25) is 5.01 Å². The van der Waals surface area contributed by atoms with Gasteiger partial charge in [0.05, 0.1) is 39.3 Å². The van der Waals surface area contributed by atoms with Gasteiger partial charge in [-0.1, -0.05) is 23.2 Å². The van der Waals surface area contributed by atoms with Gasteiger partial charge in [-0.2, -0.15) is 5.10 Å². The van der Waals surface area contributed by atoms with Gasteiger partial charge in [0.1, 0.15) is 5.69 Å². The molecule has 1 aliphatic carbocycles. The maximum atomic E-state index is 12.7. The number of urea groups is 1. The second kappa shape index (κ2) is 7.56. The van der Waals surface area contributed by atoms with E-state index in [0.717, 1.165) is 23.9 Å². The summed E-state index contributed by atoms with van der Waals surface area (Å²) >= 11 is 12.8. The fourth-order valence-corrected chi connectivity index (χ4v) is 4.10. The number of carbonyl (C=O) groups is 1. The molecule has 2 aliphatic rings. The van der Waals surface area contributed by atoms with Crippen molar-refractivity contribution in [2.75, 3.05) is 24.7 Å². The minimum Gasteiger partial charge on any atom is -0.306 e. The molecule has 0 unspecified atom stereocenters. The zero-order valence-corrected chi connectivity index (χ0v) is 18.2. The molecule has 3 aromatic heterocycles. The minimum absolute atomic E-state index is 0.361. The predicted octanol–water partition coefficient (Wildman–Crippen LogP) is 3.52. The third kappa shape index (κ3) is 3.73. The number of hydrogen-bond acceptors (Lipinski definition) is 7. The first-order valence-electron chi connectivity index (χ1n) is 9.62. The molecule has 160 valence electrons. The van der Waals surface area contributed by atoms with Crippen LogP contribution in [0.1, 0.15) is 30.0 Å². The predicted molar refractivity (Wildman–Crippen MR) is 119 cm³/mol. The highest BCUT2D eigenvalue weighted by molar-refractivity contribution is 6.34. The number of anilines is 2. The number of halogens is 2. The van der Waals surface area contributed by atoms with Crippen molar-refractivity contribution in [3.05, 3.63) is 52.0 Å². The number of nitrogens with one attached hydrogen (secondary N) is 3. The van der Waals surface area contributed by atoms with Gasteiger partial charge in [0, 0.05) is 25.9 Å². The maximum absolute atomic E-state index is 12.7. The average Bonchev–Trinajstić information content (AvgIpc) is 3.41. The summed E-state index contributed by atoms with van der Waals surface area (Å²) in [5, 5.41) is 18.5. The largest absolute Gasteiger partial charge is 0.323 e. The van der Waals surface area contributed by atoms with E-state index in [2.05, 4.69) is 31.4 Å². The number of hydrazone groups is 1. The molecule has 1 fully saturated rings. The number of hydrogen-bond donors (Lipinski definition) is 3. The first-order chi connectivity index (χ1) is 14.9. The van der Waals surface area contributed by atoms with Crippen LogP contribution in [0.5, 0.6) is 0 Å². The highest BCUT2D eigenvalue weighted by Crippen LogP contribution is 2.46. The SMILES string of the molecule is CN1N=C(c2ncc(NC(=O)Nc3cnn4ccc(Cl)c4c3C3CC3)cc2Cl)N(C)N1. The number of amides is 2. The van der Waals surface area contributed by atoms with E-state index in [0.29, 0.717) is 38.9 Å². The van der Waals surface area contributed by atoms with Crippen molar-refractivity contribution in [2.45, 2.75) is 18.8 Å². The van der Waals surface area contributed by atoms with E-state index in [9.17, 15) is 4.79 Å². The number of pyridine rings is 1. The lowest BCUT2D eigenvalue weighted by atomic mass is 10.1. The van der Waals surface area contributed by atoms with Crippen molar-refractivity contribution >= 4 is 52.0 Å². The van der Waals surface area contributed by atoms with Crippen LogP contribution in [0.25, 0.3) is 5.52 Å². The van der Waals surface area contributed by atoms with Crippen LogP contribution >= 0.6 is 23.2 Å². The van der Waals surface area contributed by atoms with Crippen molar-refractivity contribution in [3.63, 3.8) is 0 Å². The van der Waals surface area contributed by atoms with Crippen LogP contribution in [-0.2, 0) is 0 Å². The van der Waals surface area contributed by atoms with Crippen LogP contribution in [0, 0.1) is 0 Å². The third-order valence-electron chi connectivity index (χ3n) is 5.08. The molecule has 0 saturated heterocycles. The zero-order chi connectivity index (χ0) is 21.7. The number of aromatic nitrogens is 3. The van der Waals surface area contributed by atoms with E-state index in [1.807, 2.05) is 6.20 Å². The van der Waals surface area contributed by atoms with E-state index in [1.54, 1.807) is 47.1 Å². The zero-order valence-electron chi connectivity index (χ0n) is 16.7. The molecule has 0 spiro atoms. The Kier molecular flexibility index (Phi) is 4.84. The molecule has 1 saturated carbocycles.